The van der Waals surface area contributed by atoms with Crippen LogP contribution in [-0.2, 0) is 19.4 Å². The molecule has 17 heavy (non-hydrogen) atoms. The Balaban J connectivity index is 1.73. The van der Waals surface area contributed by atoms with Gasteiger partial charge >= 0.3 is 0 Å². The zero-order valence-electron chi connectivity index (χ0n) is 9.98. The summed E-state index contributed by atoms with van der Waals surface area (Å²) in [5.41, 5.74) is 0. The highest BCUT2D eigenvalue weighted by Gasteiger charge is 2.03. The Morgan fingerprint density at radius 2 is 2.12 bits per heavy atom. The molecule has 2 heterocycles. The molecule has 0 radical (unpaired) electrons. The van der Waals surface area contributed by atoms with E-state index in [1.54, 1.807) is 11.3 Å². The fourth-order valence-corrected chi connectivity index (χ4v) is 3.17. The normalized spacial score (nSPS) is 10.9. The summed E-state index contributed by atoms with van der Waals surface area (Å²) in [5.74, 6) is 0. The second-order valence-corrected chi connectivity index (χ2v) is 5.98. The van der Waals surface area contributed by atoms with Crippen molar-refractivity contribution in [2.75, 3.05) is 6.54 Å². The molecule has 0 fully saturated rings. The number of rotatable bonds is 7. The van der Waals surface area contributed by atoms with Crippen LogP contribution in [0.1, 0.15) is 28.2 Å². The smallest absolute Gasteiger partial charge is 0.131 e. The second-order valence-electron chi connectivity index (χ2n) is 3.80. The molecule has 2 aromatic heterocycles. The van der Waals surface area contributed by atoms with Gasteiger partial charge in [0.2, 0.25) is 0 Å². The summed E-state index contributed by atoms with van der Waals surface area (Å²) in [5, 5.41) is 16.1. The standard InChI is InChI=1S/C12H17N3S2/c1-2-13-9-12-15-14-11(17-12)7-3-5-10-6-4-8-16-10/h4,6,8,13H,2-3,5,7,9H2,1H3. The van der Waals surface area contributed by atoms with Crippen LogP contribution in [0.2, 0.25) is 0 Å². The van der Waals surface area contributed by atoms with Crippen molar-refractivity contribution in [1.82, 2.24) is 15.5 Å². The number of nitrogens with one attached hydrogen (secondary N) is 1. The summed E-state index contributed by atoms with van der Waals surface area (Å²) < 4.78 is 0. The van der Waals surface area contributed by atoms with Gasteiger partial charge in [-0.05, 0) is 30.8 Å². The summed E-state index contributed by atoms with van der Waals surface area (Å²) in [6.45, 7) is 3.93. The monoisotopic (exact) mass is 267 g/mol. The lowest BCUT2D eigenvalue weighted by atomic mass is 10.2. The van der Waals surface area contributed by atoms with Crippen molar-refractivity contribution < 1.29 is 0 Å². The molecule has 0 saturated heterocycles. The van der Waals surface area contributed by atoms with E-state index >= 15 is 0 Å². The number of thiophene rings is 1. The van der Waals surface area contributed by atoms with Crippen LogP contribution >= 0.6 is 22.7 Å². The number of nitrogens with zero attached hydrogens (tertiary/aromatic N) is 2. The first kappa shape index (κ1) is 12.7. The predicted octanol–water partition coefficient (Wildman–Crippen LogP) is 2.88. The third-order valence-corrected chi connectivity index (χ3v) is 4.35. The molecule has 92 valence electrons. The summed E-state index contributed by atoms with van der Waals surface area (Å²) >= 11 is 3.56. The largest absolute Gasteiger partial charge is 0.311 e. The molecule has 0 aliphatic carbocycles. The van der Waals surface area contributed by atoms with Crippen LogP contribution in [0.3, 0.4) is 0 Å². The van der Waals surface area contributed by atoms with Gasteiger partial charge in [-0.1, -0.05) is 13.0 Å². The van der Waals surface area contributed by atoms with Crippen LogP contribution in [0.5, 0.6) is 0 Å². The highest BCUT2D eigenvalue weighted by molar-refractivity contribution is 7.11. The first-order chi connectivity index (χ1) is 8.38. The molecule has 0 saturated carbocycles. The fraction of sp³-hybridized carbons (Fsp3) is 0.500. The van der Waals surface area contributed by atoms with Gasteiger partial charge in [-0.3, -0.25) is 0 Å². The minimum absolute atomic E-state index is 0.846. The molecule has 5 heteroatoms. The molecule has 0 aromatic carbocycles. The molecule has 0 bridgehead atoms. The first-order valence-electron chi connectivity index (χ1n) is 5.93. The van der Waals surface area contributed by atoms with Crippen LogP contribution in [0.4, 0.5) is 0 Å². The van der Waals surface area contributed by atoms with E-state index in [1.807, 2.05) is 11.3 Å². The maximum atomic E-state index is 4.22. The molecule has 3 nitrogen and oxygen atoms in total. The summed E-state index contributed by atoms with van der Waals surface area (Å²) in [6, 6.07) is 4.31. The van der Waals surface area contributed by atoms with E-state index in [0.717, 1.165) is 42.4 Å². The maximum absolute atomic E-state index is 4.22. The Labute approximate surface area is 110 Å². The van der Waals surface area contributed by atoms with Gasteiger partial charge in [0, 0.05) is 17.8 Å². The lowest BCUT2D eigenvalue weighted by molar-refractivity contribution is 0.713. The highest BCUT2D eigenvalue weighted by atomic mass is 32.1. The number of aryl methyl sites for hydroxylation is 2. The summed E-state index contributed by atoms with van der Waals surface area (Å²) in [6.07, 6.45) is 3.36. The van der Waals surface area contributed by atoms with Crippen molar-refractivity contribution in [3.8, 4) is 0 Å². The van der Waals surface area contributed by atoms with Crippen LogP contribution in [0.15, 0.2) is 17.5 Å². The van der Waals surface area contributed by atoms with Crippen molar-refractivity contribution in [1.29, 1.82) is 0 Å². The van der Waals surface area contributed by atoms with Gasteiger partial charge in [-0.15, -0.1) is 32.9 Å². The van der Waals surface area contributed by atoms with E-state index in [2.05, 4.69) is 40.0 Å². The number of hydrogen-bond acceptors (Lipinski definition) is 5. The Morgan fingerprint density at radius 3 is 2.88 bits per heavy atom. The van der Waals surface area contributed by atoms with Gasteiger partial charge < -0.3 is 5.32 Å². The van der Waals surface area contributed by atoms with E-state index < -0.39 is 0 Å². The molecule has 2 aromatic rings. The average molecular weight is 267 g/mol. The molecule has 0 amide bonds. The number of aromatic nitrogens is 2. The summed E-state index contributed by atoms with van der Waals surface area (Å²) in [4.78, 5) is 1.46. The molecule has 0 spiro atoms. The molecular weight excluding hydrogens is 250 g/mol. The number of hydrogen-bond donors (Lipinski definition) is 1. The first-order valence-corrected chi connectivity index (χ1v) is 7.62. The Bertz CT molecular complexity index is 423. The van der Waals surface area contributed by atoms with Crippen molar-refractivity contribution >= 4 is 22.7 Å². The van der Waals surface area contributed by atoms with E-state index in [4.69, 9.17) is 0 Å². The van der Waals surface area contributed by atoms with Gasteiger partial charge in [-0.25, -0.2) is 0 Å². The van der Waals surface area contributed by atoms with Crippen molar-refractivity contribution in [2.24, 2.45) is 0 Å². The van der Waals surface area contributed by atoms with E-state index in [0.29, 0.717) is 0 Å². The second kappa shape index (κ2) is 6.83. The van der Waals surface area contributed by atoms with E-state index in [9.17, 15) is 0 Å². The van der Waals surface area contributed by atoms with Crippen molar-refractivity contribution in [2.45, 2.75) is 32.7 Å². The molecule has 0 atom stereocenters. The van der Waals surface area contributed by atoms with Crippen LogP contribution in [0.25, 0.3) is 0 Å². The molecule has 0 unspecified atom stereocenters. The third-order valence-electron chi connectivity index (χ3n) is 2.43. The minimum atomic E-state index is 0.846. The van der Waals surface area contributed by atoms with Gasteiger partial charge in [0.05, 0.1) is 0 Å². The molecular formula is C12H17N3S2. The Kier molecular flexibility index (Phi) is 5.09. The van der Waals surface area contributed by atoms with Gasteiger partial charge in [-0.2, -0.15) is 0 Å². The van der Waals surface area contributed by atoms with Gasteiger partial charge in [0.1, 0.15) is 10.0 Å². The topological polar surface area (TPSA) is 37.8 Å². The zero-order chi connectivity index (χ0) is 11.9. The average Bonchev–Trinajstić information content (AvgIpc) is 2.98. The molecule has 0 aliphatic heterocycles. The van der Waals surface area contributed by atoms with Crippen LogP contribution in [0, 0.1) is 0 Å². The third kappa shape index (κ3) is 4.18. The van der Waals surface area contributed by atoms with Gasteiger partial charge in [0.25, 0.3) is 0 Å². The fourth-order valence-electron chi connectivity index (χ4n) is 1.56. The van der Waals surface area contributed by atoms with E-state index in [1.165, 1.54) is 4.88 Å². The molecule has 0 aliphatic rings. The zero-order valence-corrected chi connectivity index (χ0v) is 11.6. The summed E-state index contributed by atoms with van der Waals surface area (Å²) in [7, 11) is 0. The van der Waals surface area contributed by atoms with Crippen LogP contribution < -0.4 is 5.32 Å². The highest BCUT2D eigenvalue weighted by Crippen LogP contribution is 2.15. The molecule has 2 rings (SSSR count). The lowest BCUT2D eigenvalue weighted by Gasteiger charge is -1.95. The van der Waals surface area contributed by atoms with Crippen LogP contribution in [-0.4, -0.2) is 16.7 Å². The maximum Gasteiger partial charge on any atom is 0.131 e. The molecule has 1 N–H and O–H groups in total. The van der Waals surface area contributed by atoms with Gasteiger partial charge in [0.15, 0.2) is 0 Å². The van der Waals surface area contributed by atoms with E-state index in [-0.39, 0.29) is 0 Å². The van der Waals surface area contributed by atoms with Crippen molar-refractivity contribution in [3.63, 3.8) is 0 Å². The SMILES string of the molecule is CCNCc1nnc(CCCc2cccs2)s1. The Hall–Kier alpha value is -0.780. The predicted molar refractivity (Wildman–Crippen MR) is 73.6 cm³/mol. The lowest BCUT2D eigenvalue weighted by Crippen LogP contribution is -2.11. The quantitative estimate of drug-likeness (QED) is 0.838. The minimum Gasteiger partial charge on any atom is -0.311 e. The Morgan fingerprint density at radius 1 is 1.24 bits per heavy atom. The van der Waals surface area contributed by atoms with Crippen molar-refractivity contribution in [3.05, 3.63) is 32.4 Å².